The third kappa shape index (κ3) is 3.40. The summed E-state index contributed by atoms with van der Waals surface area (Å²) >= 11 is 0. The van der Waals surface area contributed by atoms with Gasteiger partial charge in [0, 0.05) is 37.0 Å². The van der Waals surface area contributed by atoms with Crippen molar-refractivity contribution >= 4 is 10.8 Å². The van der Waals surface area contributed by atoms with Crippen LogP contribution in [0.2, 0.25) is 0 Å². The lowest BCUT2D eigenvalue weighted by atomic mass is 9.81. The number of benzene rings is 3. The molecular formula is C27H23N5O. The summed E-state index contributed by atoms with van der Waals surface area (Å²) in [4.78, 5) is 8.75. The molecule has 0 bridgehead atoms. The average Bonchev–Trinajstić information content (AvgIpc) is 3.38. The zero-order valence-corrected chi connectivity index (χ0v) is 18.1. The molecule has 0 unspecified atom stereocenters. The molecule has 0 radical (unpaired) electrons. The first-order valence-electron chi connectivity index (χ1n) is 11.1. The van der Waals surface area contributed by atoms with Crippen molar-refractivity contribution < 1.29 is 4.74 Å². The highest BCUT2D eigenvalue weighted by Gasteiger charge is 2.33. The molecule has 0 aliphatic carbocycles. The first-order valence-corrected chi connectivity index (χ1v) is 11.1. The van der Waals surface area contributed by atoms with Crippen molar-refractivity contribution in [2.45, 2.75) is 25.4 Å². The highest BCUT2D eigenvalue weighted by atomic mass is 16.5. The quantitative estimate of drug-likeness (QED) is 0.412. The predicted octanol–water partition coefficient (Wildman–Crippen LogP) is 5.09. The number of rotatable bonds is 5. The molecule has 0 fully saturated rings. The fourth-order valence-electron chi connectivity index (χ4n) is 4.75. The summed E-state index contributed by atoms with van der Waals surface area (Å²) in [7, 11) is 0. The summed E-state index contributed by atoms with van der Waals surface area (Å²) < 4.78 is 10.3. The van der Waals surface area contributed by atoms with Crippen molar-refractivity contribution in [1.29, 1.82) is 5.41 Å². The lowest BCUT2D eigenvalue weighted by molar-refractivity contribution is 0.420. The minimum absolute atomic E-state index is 0.128. The van der Waals surface area contributed by atoms with Crippen molar-refractivity contribution in [3.05, 3.63) is 114 Å². The van der Waals surface area contributed by atoms with Gasteiger partial charge in [0.2, 0.25) is 5.88 Å². The maximum absolute atomic E-state index is 9.13. The summed E-state index contributed by atoms with van der Waals surface area (Å²) in [5.74, 6) is 1.19. The van der Waals surface area contributed by atoms with Crippen molar-refractivity contribution in [2.24, 2.45) is 0 Å². The second-order valence-corrected chi connectivity index (χ2v) is 8.30. The molecule has 6 nitrogen and oxygen atoms in total. The maximum Gasteiger partial charge on any atom is 0.228 e. The Morgan fingerprint density at radius 1 is 0.879 bits per heavy atom. The van der Waals surface area contributed by atoms with Gasteiger partial charge in [0.15, 0.2) is 0 Å². The first kappa shape index (κ1) is 19.5. The second kappa shape index (κ2) is 8.06. The van der Waals surface area contributed by atoms with Crippen LogP contribution in [0.25, 0.3) is 10.8 Å². The summed E-state index contributed by atoms with van der Waals surface area (Å²) in [5.41, 5.74) is 3.48. The van der Waals surface area contributed by atoms with E-state index in [0.29, 0.717) is 17.9 Å². The van der Waals surface area contributed by atoms with Gasteiger partial charge in [0.25, 0.3) is 0 Å². The number of nitrogens with zero attached hydrogens (tertiary/aromatic N) is 4. The summed E-state index contributed by atoms with van der Waals surface area (Å²) in [6, 6.07) is 22.8. The van der Waals surface area contributed by atoms with Gasteiger partial charge >= 0.3 is 0 Å². The van der Waals surface area contributed by atoms with Crippen LogP contribution in [0.3, 0.4) is 0 Å². The summed E-state index contributed by atoms with van der Waals surface area (Å²) in [6.07, 6.45) is 8.16. The number of hydrogen-bond acceptors (Lipinski definition) is 4. The van der Waals surface area contributed by atoms with Crippen LogP contribution < -0.4 is 10.2 Å². The van der Waals surface area contributed by atoms with Gasteiger partial charge in [-0.15, -0.1) is 0 Å². The fourth-order valence-corrected chi connectivity index (χ4v) is 4.75. The Bertz CT molecular complexity index is 1490. The van der Waals surface area contributed by atoms with Crippen LogP contribution in [0.15, 0.2) is 91.8 Å². The maximum atomic E-state index is 9.13. The molecule has 1 atom stereocenters. The number of nitrogens with one attached hydrogen (secondary N) is 1. The molecule has 2 aromatic heterocycles. The molecule has 0 amide bonds. The molecule has 0 saturated carbocycles. The van der Waals surface area contributed by atoms with Gasteiger partial charge in [-0.05, 0) is 28.8 Å². The number of aryl methyl sites for hydroxylation is 2. The van der Waals surface area contributed by atoms with Gasteiger partial charge in [0.05, 0.1) is 11.9 Å². The predicted molar refractivity (Wildman–Crippen MR) is 126 cm³/mol. The molecule has 3 aromatic carbocycles. The molecule has 6 rings (SSSR count). The van der Waals surface area contributed by atoms with Crippen LogP contribution >= 0.6 is 0 Å². The molecule has 0 spiro atoms. The van der Waals surface area contributed by atoms with Crippen LogP contribution in [0.5, 0.6) is 11.6 Å². The van der Waals surface area contributed by atoms with E-state index in [9.17, 15) is 0 Å². The van der Waals surface area contributed by atoms with E-state index in [-0.39, 0.29) is 5.92 Å². The molecule has 3 heterocycles. The fraction of sp³-hybridized carbons (Fsp3) is 0.148. The van der Waals surface area contributed by atoms with Gasteiger partial charge in [-0.1, -0.05) is 60.7 Å². The van der Waals surface area contributed by atoms with Crippen LogP contribution in [0, 0.1) is 5.41 Å². The van der Waals surface area contributed by atoms with Crippen LogP contribution in [0.1, 0.15) is 29.0 Å². The topological polar surface area (TPSA) is 68.7 Å². The number of imidazole rings is 1. The van der Waals surface area contributed by atoms with Crippen LogP contribution in [0.4, 0.5) is 0 Å². The highest BCUT2D eigenvalue weighted by molar-refractivity contribution is 5.90. The molecule has 0 saturated heterocycles. The van der Waals surface area contributed by atoms with E-state index in [0.717, 1.165) is 46.2 Å². The molecule has 6 heteroatoms. The van der Waals surface area contributed by atoms with Gasteiger partial charge < -0.3 is 13.9 Å². The zero-order chi connectivity index (χ0) is 22.2. The third-order valence-corrected chi connectivity index (χ3v) is 6.31. The standard InChI is InChI=1S/C27H23N5O/c28-26-25-23(20-8-2-1-3-9-20)24-21-10-5-4-7-19(21)11-12-22(24)33-27(25)30-18-32(26)15-6-14-31-16-13-29-17-31/h1-5,7-13,16-18,23,28H,6,14-15H2/t23-/m0/s1. The molecule has 1 aliphatic heterocycles. The monoisotopic (exact) mass is 433 g/mol. The van der Waals surface area contributed by atoms with E-state index in [1.54, 1.807) is 12.5 Å². The van der Waals surface area contributed by atoms with E-state index >= 15 is 0 Å². The second-order valence-electron chi connectivity index (χ2n) is 8.30. The van der Waals surface area contributed by atoms with Crippen molar-refractivity contribution in [2.75, 3.05) is 0 Å². The number of ether oxygens (including phenoxy) is 1. The molecule has 33 heavy (non-hydrogen) atoms. The lowest BCUT2D eigenvalue weighted by Crippen LogP contribution is -2.30. The Kier molecular flexibility index (Phi) is 4.76. The summed E-state index contributed by atoms with van der Waals surface area (Å²) in [6.45, 7) is 1.54. The Balaban J connectivity index is 1.49. The molecule has 1 aliphatic rings. The van der Waals surface area contributed by atoms with E-state index in [1.807, 2.05) is 33.8 Å². The van der Waals surface area contributed by atoms with Crippen molar-refractivity contribution in [3.63, 3.8) is 0 Å². The van der Waals surface area contributed by atoms with Gasteiger partial charge in [-0.3, -0.25) is 5.41 Å². The molecule has 5 aromatic rings. The van der Waals surface area contributed by atoms with Gasteiger partial charge in [-0.2, -0.15) is 0 Å². The Hall–Kier alpha value is -4.19. The van der Waals surface area contributed by atoms with Crippen molar-refractivity contribution in [1.82, 2.24) is 19.1 Å². The summed E-state index contributed by atoms with van der Waals surface area (Å²) in [5, 5.41) is 11.4. The number of hydrogen-bond donors (Lipinski definition) is 1. The SMILES string of the molecule is N=c1c2c(ncn1CCCn1ccnc1)Oc1ccc3ccccc3c1[C@@H]2c1ccccc1. The molecule has 162 valence electrons. The zero-order valence-electron chi connectivity index (χ0n) is 18.1. The highest BCUT2D eigenvalue weighted by Crippen LogP contribution is 2.47. The minimum atomic E-state index is -0.128. The van der Waals surface area contributed by atoms with E-state index in [2.05, 4.69) is 64.6 Å². The van der Waals surface area contributed by atoms with Crippen molar-refractivity contribution in [3.8, 4) is 11.6 Å². The van der Waals surface area contributed by atoms with Crippen LogP contribution in [-0.2, 0) is 13.1 Å². The van der Waals surface area contributed by atoms with Gasteiger partial charge in [-0.25, -0.2) is 9.97 Å². The average molecular weight is 434 g/mol. The van der Waals surface area contributed by atoms with Crippen LogP contribution in [-0.4, -0.2) is 19.1 Å². The third-order valence-electron chi connectivity index (χ3n) is 6.31. The van der Waals surface area contributed by atoms with Gasteiger partial charge in [0.1, 0.15) is 17.6 Å². The van der Waals surface area contributed by atoms with E-state index in [4.69, 9.17) is 10.1 Å². The minimum Gasteiger partial charge on any atom is -0.438 e. The first-order chi connectivity index (χ1) is 16.3. The van der Waals surface area contributed by atoms with E-state index in [1.165, 1.54) is 0 Å². The largest absolute Gasteiger partial charge is 0.438 e. The Labute approximate surface area is 191 Å². The molecule has 1 N–H and O–H groups in total. The number of aromatic nitrogens is 4. The number of fused-ring (bicyclic) bond motifs is 4. The Morgan fingerprint density at radius 3 is 2.58 bits per heavy atom. The molecular weight excluding hydrogens is 410 g/mol. The smallest absolute Gasteiger partial charge is 0.228 e. The van der Waals surface area contributed by atoms with E-state index < -0.39 is 0 Å². The Morgan fingerprint density at radius 2 is 1.73 bits per heavy atom. The lowest BCUT2D eigenvalue weighted by Gasteiger charge is -2.29. The normalized spacial score (nSPS) is 14.5.